The highest BCUT2D eigenvalue weighted by atomic mass is 16.5. The van der Waals surface area contributed by atoms with Gasteiger partial charge in [-0.15, -0.1) is 0 Å². The fraction of sp³-hybridized carbons (Fsp3) is 0.909. The largest absolute Gasteiger partial charge is 0.383 e. The molecule has 90 valence electrons. The second-order valence-corrected chi connectivity index (χ2v) is 3.74. The molecule has 0 aromatic heterocycles. The van der Waals surface area contributed by atoms with E-state index in [0.717, 1.165) is 13.0 Å². The van der Waals surface area contributed by atoms with Crippen LogP contribution >= 0.6 is 0 Å². The van der Waals surface area contributed by atoms with E-state index in [2.05, 4.69) is 24.5 Å². The summed E-state index contributed by atoms with van der Waals surface area (Å²) in [6, 6.07) is 0.502. The quantitative estimate of drug-likeness (QED) is 0.563. The fourth-order valence-corrected chi connectivity index (χ4v) is 1.35. The molecule has 0 rings (SSSR count). The first-order chi connectivity index (χ1) is 7.20. The van der Waals surface area contributed by atoms with Gasteiger partial charge in [0.25, 0.3) is 0 Å². The third-order valence-electron chi connectivity index (χ3n) is 2.19. The zero-order valence-electron chi connectivity index (χ0n) is 10.1. The van der Waals surface area contributed by atoms with Crippen LogP contribution in [0.25, 0.3) is 0 Å². The summed E-state index contributed by atoms with van der Waals surface area (Å²) in [5.41, 5.74) is 0. The van der Waals surface area contributed by atoms with Gasteiger partial charge in [-0.25, -0.2) is 0 Å². The highest BCUT2D eigenvalue weighted by molar-refractivity contribution is 5.75. The fourth-order valence-electron chi connectivity index (χ4n) is 1.35. The molecule has 0 spiro atoms. The van der Waals surface area contributed by atoms with Gasteiger partial charge in [-0.1, -0.05) is 13.3 Å². The van der Waals surface area contributed by atoms with Crippen LogP contribution in [-0.4, -0.2) is 38.8 Å². The Morgan fingerprint density at radius 2 is 2.13 bits per heavy atom. The van der Waals surface area contributed by atoms with Crippen molar-refractivity contribution >= 4 is 5.91 Å². The highest BCUT2D eigenvalue weighted by Gasteiger charge is 2.02. The Morgan fingerprint density at radius 3 is 2.73 bits per heavy atom. The zero-order chi connectivity index (χ0) is 11.5. The van der Waals surface area contributed by atoms with Gasteiger partial charge in [0.15, 0.2) is 0 Å². The van der Waals surface area contributed by atoms with Crippen LogP contribution in [0.1, 0.15) is 33.1 Å². The average Bonchev–Trinajstić information content (AvgIpc) is 2.18. The number of carbonyl (C=O) groups excluding carboxylic acids is 1. The molecule has 0 aromatic rings. The molecular weight excluding hydrogens is 192 g/mol. The molecule has 0 saturated heterocycles. The lowest BCUT2D eigenvalue weighted by Crippen LogP contribution is -2.33. The molecule has 4 heteroatoms. The summed E-state index contributed by atoms with van der Waals surface area (Å²) in [4.78, 5) is 11.3. The van der Waals surface area contributed by atoms with E-state index in [4.69, 9.17) is 4.74 Å². The number of ether oxygens (including phenoxy) is 1. The number of rotatable bonds is 9. The Kier molecular flexibility index (Phi) is 9.52. The van der Waals surface area contributed by atoms with Crippen LogP contribution < -0.4 is 10.6 Å². The van der Waals surface area contributed by atoms with Crippen molar-refractivity contribution in [3.63, 3.8) is 0 Å². The SMILES string of the molecule is CCCC(C)NCCC(=O)NCCOC. The standard InChI is InChI=1S/C11H24N2O2/c1-4-5-10(2)12-7-6-11(14)13-8-9-15-3/h10,12H,4-9H2,1-3H3,(H,13,14). The number of methoxy groups -OCH3 is 1. The molecule has 0 radical (unpaired) electrons. The van der Waals surface area contributed by atoms with Crippen molar-refractivity contribution in [3.05, 3.63) is 0 Å². The van der Waals surface area contributed by atoms with E-state index in [-0.39, 0.29) is 5.91 Å². The lowest BCUT2D eigenvalue weighted by molar-refractivity contribution is -0.121. The molecule has 0 aliphatic rings. The number of carbonyl (C=O) groups is 1. The second-order valence-electron chi connectivity index (χ2n) is 3.74. The van der Waals surface area contributed by atoms with Gasteiger partial charge in [-0.05, 0) is 13.3 Å². The summed E-state index contributed by atoms with van der Waals surface area (Å²) < 4.78 is 4.84. The van der Waals surface area contributed by atoms with Gasteiger partial charge in [0.2, 0.25) is 5.91 Å². The second kappa shape index (κ2) is 9.93. The van der Waals surface area contributed by atoms with E-state index >= 15 is 0 Å². The van der Waals surface area contributed by atoms with E-state index < -0.39 is 0 Å². The maximum absolute atomic E-state index is 11.3. The van der Waals surface area contributed by atoms with Crippen LogP contribution in [0.15, 0.2) is 0 Å². The van der Waals surface area contributed by atoms with Crippen molar-refractivity contribution in [1.82, 2.24) is 10.6 Å². The molecule has 1 amide bonds. The maximum atomic E-state index is 11.3. The average molecular weight is 216 g/mol. The third kappa shape index (κ3) is 9.69. The monoisotopic (exact) mass is 216 g/mol. The Labute approximate surface area is 92.8 Å². The van der Waals surface area contributed by atoms with Crippen molar-refractivity contribution in [1.29, 1.82) is 0 Å². The number of nitrogens with one attached hydrogen (secondary N) is 2. The Hall–Kier alpha value is -0.610. The molecule has 4 nitrogen and oxygen atoms in total. The summed E-state index contributed by atoms with van der Waals surface area (Å²) >= 11 is 0. The minimum atomic E-state index is 0.0863. The first-order valence-corrected chi connectivity index (χ1v) is 5.69. The lowest BCUT2D eigenvalue weighted by atomic mass is 10.2. The van der Waals surface area contributed by atoms with Gasteiger partial charge in [-0.2, -0.15) is 0 Å². The van der Waals surface area contributed by atoms with Gasteiger partial charge in [0, 0.05) is 32.7 Å². The summed E-state index contributed by atoms with van der Waals surface area (Å²) in [6.07, 6.45) is 2.87. The van der Waals surface area contributed by atoms with Gasteiger partial charge in [-0.3, -0.25) is 4.79 Å². The third-order valence-corrected chi connectivity index (χ3v) is 2.19. The van der Waals surface area contributed by atoms with Crippen molar-refractivity contribution in [2.45, 2.75) is 39.2 Å². The predicted molar refractivity (Wildman–Crippen MR) is 61.9 cm³/mol. The van der Waals surface area contributed by atoms with E-state index in [0.29, 0.717) is 25.6 Å². The molecule has 0 aliphatic heterocycles. The first kappa shape index (κ1) is 14.4. The van der Waals surface area contributed by atoms with Gasteiger partial charge < -0.3 is 15.4 Å². The summed E-state index contributed by atoms with van der Waals surface area (Å²) in [5.74, 6) is 0.0863. The topological polar surface area (TPSA) is 50.4 Å². The number of hydrogen-bond acceptors (Lipinski definition) is 3. The predicted octanol–water partition coefficient (Wildman–Crippen LogP) is 0.917. The van der Waals surface area contributed by atoms with Crippen molar-refractivity contribution in [3.8, 4) is 0 Å². The van der Waals surface area contributed by atoms with Gasteiger partial charge >= 0.3 is 0 Å². The summed E-state index contributed by atoms with van der Waals surface area (Å²) in [7, 11) is 1.63. The van der Waals surface area contributed by atoms with Crippen LogP contribution in [0.3, 0.4) is 0 Å². The molecular formula is C11H24N2O2. The van der Waals surface area contributed by atoms with Crippen LogP contribution in [0.5, 0.6) is 0 Å². The zero-order valence-corrected chi connectivity index (χ0v) is 10.1. The minimum Gasteiger partial charge on any atom is -0.383 e. The molecule has 0 heterocycles. The first-order valence-electron chi connectivity index (χ1n) is 5.69. The number of hydrogen-bond donors (Lipinski definition) is 2. The molecule has 1 atom stereocenters. The summed E-state index contributed by atoms with van der Waals surface area (Å²) in [6.45, 7) is 6.23. The van der Waals surface area contributed by atoms with Gasteiger partial charge in [0.05, 0.1) is 6.61 Å². The summed E-state index contributed by atoms with van der Waals surface area (Å²) in [5, 5.41) is 6.10. The Morgan fingerprint density at radius 1 is 1.40 bits per heavy atom. The molecule has 0 aromatic carbocycles. The molecule has 0 saturated carbocycles. The Bertz CT molecular complexity index is 163. The molecule has 2 N–H and O–H groups in total. The smallest absolute Gasteiger partial charge is 0.221 e. The van der Waals surface area contributed by atoms with Crippen LogP contribution in [-0.2, 0) is 9.53 Å². The normalized spacial score (nSPS) is 12.5. The minimum absolute atomic E-state index is 0.0863. The van der Waals surface area contributed by atoms with Crippen molar-refractivity contribution < 1.29 is 9.53 Å². The maximum Gasteiger partial charge on any atom is 0.221 e. The highest BCUT2D eigenvalue weighted by Crippen LogP contribution is 1.94. The van der Waals surface area contributed by atoms with Crippen LogP contribution in [0.4, 0.5) is 0 Å². The molecule has 0 fully saturated rings. The van der Waals surface area contributed by atoms with Crippen molar-refractivity contribution in [2.75, 3.05) is 26.8 Å². The lowest BCUT2D eigenvalue weighted by Gasteiger charge is -2.12. The molecule has 1 unspecified atom stereocenters. The van der Waals surface area contributed by atoms with Crippen LogP contribution in [0, 0.1) is 0 Å². The Balaban J connectivity index is 3.30. The van der Waals surface area contributed by atoms with E-state index in [1.54, 1.807) is 7.11 Å². The van der Waals surface area contributed by atoms with Crippen molar-refractivity contribution in [2.24, 2.45) is 0 Å². The molecule has 15 heavy (non-hydrogen) atoms. The van der Waals surface area contributed by atoms with Gasteiger partial charge in [0.1, 0.15) is 0 Å². The number of amides is 1. The van der Waals surface area contributed by atoms with Crippen LogP contribution in [0.2, 0.25) is 0 Å². The molecule has 0 aliphatic carbocycles. The van der Waals surface area contributed by atoms with E-state index in [9.17, 15) is 4.79 Å². The molecule has 0 bridgehead atoms. The van der Waals surface area contributed by atoms with E-state index in [1.165, 1.54) is 6.42 Å². The van der Waals surface area contributed by atoms with E-state index in [1.807, 2.05) is 0 Å².